The summed E-state index contributed by atoms with van der Waals surface area (Å²) >= 11 is 0. The van der Waals surface area contributed by atoms with Crippen LogP contribution in [0.1, 0.15) is 16.8 Å². The largest absolute Gasteiger partial charge is 0.396 e. The fraction of sp³-hybridized carbons (Fsp3) is 0.267. The van der Waals surface area contributed by atoms with Crippen molar-refractivity contribution in [2.45, 2.75) is 17.4 Å². The molecule has 2 aliphatic rings. The van der Waals surface area contributed by atoms with E-state index in [0.717, 1.165) is 0 Å². The van der Waals surface area contributed by atoms with Gasteiger partial charge in [-0.1, -0.05) is 12.2 Å². The van der Waals surface area contributed by atoms with E-state index in [1.54, 1.807) is 6.07 Å². The molecule has 0 spiro atoms. The van der Waals surface area contributed by atoms with Crippen LogP contribution in [0.2, 0.25) is 0 Å². The molecule has 9 nitrogen and oxygen atoms in total. The van der Waals surface area contributed by atoms with Crippen LogP contribution in [0.5, 0.6) is 0 Å². The molecule has 25 heavy (non-hydrogen) atoms. The number of hydrogen-bond acceptors (Lipinski definition) is 6. The molecule has 0 radical (unpaired) electrons. The van der Waals surface area contributed by atoms with Crippen LogP contribution in [0.15, 0.2) is 41.6 Å². The summed E-state index contributed by atoms with van der Waals surface area (Å²) in [5, 5.41) is 15.9. The van der Waals surface area contributed by atoms with Crippen molar-refractivity contribution in [3.63, 3.8) is 0 Å². The van der Waals surface area contributed by atoms with E-state index >= 15 is 0 Å². The summed E-state index contributed by atoms with van der Waals surface area (Å²) in [5.41, 5.74) is 0.567. The van der Waals surface area contributed by atoms with Crippen molar-refractivity contribution in [3.8, 4) is 5.69 Å². The molecule has 10 heteroatoms. The summed E-state index contributed by atoms with van der Waals surface area (Å²) in [7, 11) is -3.82. The van der Waals surface area contributed by atoms with Gasteiger partial charge in [0.15, 0.2) is 0 Å². The molecule has 0 saturated carbocycles. The van der Waals surface area contributed by atoms with E-state index in [4.69, 9.17) is 5.11 Å². The maximum Gasteiger partial charge on any atom is 0.266 e. The Bertz CT molecular complexity index is 982. The second-order valence-electron chi connectivity index (χ2n) is 5.93. The Balaban J connectivity index is 1.63. The zero-order chi connectivity index (χ0) is 17.6. The van der Waals surface area contributed by atoms with Crippen LogP contribution >= 0.6 is 0 Å². The number of nitrogens with zero attached hydrogens (tertiary/aromatic N) is 3. The first-order valence-corrected chi connectivity index (χ1v) is 9.13. The molecule has 4 rings (SSSR count). The highest BCUT2D eigenvalue weighted by atomic mass is 32.2. The monoisotopic (exact) mass is 361 g/mol. The number of hydrogen-bond donors (Lipinski definition) is 3. The number of carbonyl (C=O) groups excluding carboxylic acids is 1. The highest BCUT2D eigenvalue weighted by Gasteiger charge is 2.30. The molecule has 1 aliphatic heterocycles. The van der Waals surface area contributed by atoms with Gasteiger partial charge in [0.05, 0.1) is 5.69 Å². The first-order valence-electron chi connectivity index (χ1n) is 7.65. The predicted octanol–water partition coefficient (Wildman–Crippen LogP) is 0.0483. The Morgan fingerprint density at radius 1 is 1.40 bits per heavy atom. The van der Waals surface area contributed by atoms with Crippen molar-refractivity contribution in [2.24, 2.45) is 5.92 Å². The fourth-order valence-electron chi connectivity index (χ4n) is 2.98. The number of nitrogens with one attached hydrogen (secondary N) is 2. The van der Waals surface area contributed by atoms with E-state index in [9.17, 15) is 13.2 Å². The molecule has 1 amide bonds. The summed E-state index contributed by atoms with van der Waals surface area (Å²) in [6.45, 7) is 0.0336. The van der Waals surface area contributed by atoms with Gasteiger partial charge >= 0.3 is 0 Å². The molecule has 2 atom stereocenters. The van der Waals surface area contributed by atoms with Crippen molar-refractivity contribution in [3.05, 3.63) is 42.2 Å². The second-order valence-corrected chi connectivity index (χ2v) is 7.58. The van der Waals surface area contributed by atoms with Crippen LogP contribution in [-0.4, -0.2) is 46.8 Å². The van der Waals surface area contributed by atoms with Crippen molar-refractivity contribution < 1.29 is 18.3 Å². The topological polar surface area (TPSA) is 126 Å². The summed E-state index contributed by atoms with van der Waals surface area (Å²) in [5.74, 6) is -0.240. The molecule has 0 unspecified atom stereocenters. The van der Waals surface area contributed by atoms with Crippen LogP contribution in [-0.2, 0) is 10.0 Å². The fourth-order valence-corrected chi connectivity index (χ4v) is 4.18. The normalized spacial score (nSPS) is 22.8. The standard InChI is InChI=1S/C15H15N5O4S/c21-7-9-1-3-11(5-9)18-14(22)10-2-4-12-13(6-10)25(23,24)19-15-16-8-17-20(12)15/h1-4,6,8-9,11,21H,5,7H2,(H,18,22)(H,16,17,19)/t9-,11+/m0/s1. The molecule has 0 saturated heterocycles. The van der Waals surface area contributed by atoms with E-state index in [2.05, 4.69) is 20.1 Å². The zero-order valence-electron chi connectivity index (χ0n) is 13.0. The Morgan fingerprint density at radius 3 is 3.00 bits per heavy atom. The summed E-state index contributed by atoms with van der Waals surface area (Å²) in [6.07, 6.45) is 5.56. The Kier molecular flexibility index (Phi) is 3.58. The molecule has 2 aromatic rings. The number of aliphatic hydroxyl groups excluding tert-OH is 1. The van der Waals surface area contributed by atoms with Gasteiger partial charge in [0, 0.05) is 24.1 Å². The SMILES string of the molecule is O=C(N[C@@H]1C=C[C@H](CO)C1)c1ccc2c(c1)S(=O)(=O)Nc1ncnn1-2. The third kappa shape index (κ3) is 2.68. The molecule has 0 fully saturated rings. The van der Waals surface area contributed by atoms with Gasteiger partial charge in [-0.3, -0.25) is 4.79 Å². The maximum atomic E-state index is 12.4. The number of aliphatic hydroxyl groups is 1. The van der Waals surface area contributed by atoms with Crippen LogP contribution in [0, 0.1) is 5.92 Å². The Hall–Kier alpha value is -2.72. The molecule has 130 valence electrons. The van der Waals surface area contributed by atoms with Crippen LogP contribution < -0.4 is 10.0 Å². The first-order chi connectivity index (χ1) is 12.0. The lowest BCUT2D eigenvalue weighted by Crippen LogP contribution is -2.33. The van der Waals surface area contributed by atoms with E-state index < -0.39 is 10.0 Å². The molecule has 1 aromatic carbocycles. The van der Waals surface area contributed by atoms with Crippen molar-refractivity contribution in [2.75, 3.05) is 11.3 Å². The van der Waals surface area contributed by atoms with E-state index in [-0.39, 0.29) is 40.9 Å². The molecular weight excluding hydrogens is 346 g/mol. The molecule has 1 aliphatic carbocycles. The summed E-state index contributed by atoms with van der Waals surface area (Å²) in [6, 6.07) is 4.21. The van der Waals surface area contributed by atoms with Gasteiger partial charge in [-0.2, -0.15) is 14.8 Å². The number of aromatic nitrogens is 3. The zero-order valence-corrected chi connectivity index (χ0v) is 13.8. The first kappa shape index (κ1) is 15.8. The molecule has 0 bridgehead atoms. The van der Waals surface area contributed by atoms with Crippen LogP contribution in [0.25, 0.3) is 5.69 Å². The van der Waals surface area contributed by atoms with Crippen molar-refractivity contribution >= 4 is 21.9 Å². The number of anilines is 1. The van der Waals surface area contributed by atoms with Gasteiger partial charge in [0.2, 0.25) is 5.95 Å². The number of sulfonamides is 1. The highest BCUT2D eigenvalue weighted by molar-refractivity contribution is 7.93. The number of fused-ring (bicyclic) bond motifs is 3. The lowest BCUT2D eigenvalue weighted by atomic mass is 10.1. The van der Waals surface area contributed by atoms with Gasteiger partial charge in [0.1, 0.15) is 11.2 Å². The third-order valence-corrected chi connectivity index (χ3v) is 5.59. The van der Waals surface area contributed by atoms with Gasteiger partial charge in [-0.15, -0.1) is 0 Å². The third-order valence-electron chi connectivity index (χ3n) is 4.24. The van der Waals surface area contributed by atoms with Crippen molar-refractivity contribution in [1.29, 1.82) is 0 Å². The van der Waals surface area contributed by atoms with Gasteiger partial charge in [0.25, 0.3) is 15.9 Å². The summed E-state index contributed by atoms with van der Waals surface area (Å²) in [4.78, 5) is 16.2. The Morgan fingerprint density at radius 2 is 2.24 bits per heavy atom. The van der Waals surface area contributed by atoms with E-state index in [1.807, 2.05) is 12.2 Å². The number of benzene rings is 1. The molecular formula is C15H15N5O4S. The minimum atomic E-state index is -3.82. The molecule has 2 heterocycles. The lowest BCUT2D eigenvalue weighted by molar-refractivity contribution is 0.0941. The van der Waals surface area contributed by atoms with Gasteiger partial charge < -0.3 is 10.4 Å². The number of amides is 1. The smallest absolute Gasteiger partial charge is 0.266 e. The second kappa shape index (κ2) is 5.67. The maximum absolute atomic E-state index is 12.4. The average molecular weight is 361 g/mol. The van der Waals surface area contributed by atoms with Crippen molar-refractivity contribution in [1.82, 2.24) is 20.1 Å². The predicted molar refractivity (Wildman–Crippen MR) is 87.8 cm³/mol. The van der Waals surface area contributed by atoms with Crippen LogP contribution in [0.3, 0.4) is 0 Å². The molecule has 3 N–H and O–H groups in total. The average Bonchev–Trinajstić information content (AvgIpc) is 3.23. The highest BCUT2D eigenvalue weighted by Crippen LogP contribution is 2.29. The molecule has 1 aromatic heterocycles. The van der Waals surface area contributed by atoms with Gasteiger partial charge in [-0.25, -0.2) is 13.1 Å². The van der Waals surface area contributed by atoms with E-state index in [1.165, 1.54) is 23.1 Å². The quantitative estimate of drug-likeness (QED) is 0.663. The minimum Gasteiger partial charge on any atom is -0.396 e. The van der Waals surface area contributed by atoms with E-state index in [0.29, 0.717) is 12.1 Å². The number of carbonyl (C=O) groups is 1. The van der Waals surface area contributed by atoms with Crippen LogP contribution in [0.4, 0.5) is 5.95 Å². The number of rotatable bonds is 3. The minimum absolute atomic E-state index is 0.0316. The lowest BCUT2D eigenvalue weighted by Gasteiger charge is -2.19. The summed E-state index contributed by atoms with van der Waals surface area (Å²) < 4.78 is 28.4. The van der Waals surface area contributed by atoms with Gasteiger partial charge in [-0.05, 0) is 24.6 Å². The Labute approximate surface area is 143 Å².